The van der Waals surface area contributed by atoms with Crippen molar-refractivity contribution in [1.82, 2.24) is 0 Å². The van der Waals surface area contributed by atoms with Gasteiger partial charge >= 0.3 is 29.6 Å². The maximum absolute atomic E-state index is 11.1. The number of para-hydroxylation sites is 1. The van der Waals surface area contributed by atoms with Gasteiger partial charge in [0.1, 0.15) is 15.9 Å². The molecule has 0 aliphatic carbocycles. The van der Waals surface area contributed by atoms with Crippen molar-refractivity contribution >= 4 is 32.3 Å². The molecule has 0 aromatic heterocycles. The molecule has 24 heavy (non-hydrogen) atoms. The molecule has 7 heteroatoms. The Kier molecular flexibility index (Phi) is 6.83. The minimum Gasteiger partial charge on any atom is -0.744 e. The Hall–Kier alpha value is -1.57. The van der Waals surface area contributed by atoms with Gasteiger partial charge in [0, 0.05) is 16.8 Å². The van der Waals surface area contributed by atoms with E-state index in [2.05, 4.69) is 5.32 Å². The van der Waals surface area contributed by atoms with Crippen LogP contribution in [-0.2, 0) is 10.1 Å². The summed E-state index contributed by atoms with van der Waals surface area (Å²) in [6.07, 6.45) is 0. The van der Waals surface area contributed by atoms with Crippen LogP contribution < -0.4 is 34.9 Å². The Balaban J connectivity index is 0.00000144. The topological polar surface area (TPSA) is 89.5 Å². The molecule has 0 heterocycles. The Labute approximate surface area is 163 Å². The van der Waals surface area contributed by atoms with Crippen molar-refractivity contribution in [2.24, 2.45) is 0 Å². The fourth-order valence-corrected chi connectivity index (χ4v) is 2.76. The summed E-state index contributed by atoms with van der Waals surface area (Å²) in [6, 6.07) is 16.8. The van der Waals surface area contributed by atoms with E-state index < -0.39 is 15.0 Å². The van der Waals surface area contributed by atoms with Crippen molar-refractivity contribution in [3.63, 3.8) is 0 Å². The van der Waals surface area contributed by atoms with E-state index in [0.29, 0.717) is 10.8 Å². The molecule has 120 valence electrons. The normalized spacial score (nSPS) is 10.5. The fourth-order valence-electron chi connectivity index (χ4n) is 2.23. The van der Waals surface area contributed by atoms with Crippen molar-refractivity contribution in [3.05, 3.63) is 60.7 Å². The molecule has 0 saturated heterocycles. The van der Waals surface area contributed by atoms with Crippen LogP contribution in [0.25, 0.3) is 10.8 Å². The standard InChI is InChI=1S/C16H13NO4S.CH4.Na/c18-16-10-14(22(19,20)21)9-11-8-13(6-7-15(11)16)17-12-4-2-1-3-5-12;;/h1-10,17-18H,(H,19,20,21);1H4;/q;;+1/p-1. The molecular formula is C17H16NNaO4S. The molecule has 0 fully saturated rings. The molecule has 3 rings (SSSR count). The van der Waals surface area contributed by atoms with Crippen LogP contribution in [0.4, 0.5) is 11.4 Å². The van der Waals surface area contributed by atoms with Crippen LogP contribution in [0.2, 0.25) is 0 Å². The zero-order valence-corrected chi connectivity index (χ0v) is 15.2. The molecule has 3 aromatic carbocycles. The van der Waals surface area contributed by atoms with Crippen LogP contribution in [-0.4, -0.2) is 18.1 Å². The van der Waals surface area contributed by atoms with Gasteiger partial charge in [-0.15, -0.1) is 0 Å². The summed E-state index contributed by atoms with van der Waals surface area (Å²) in [5.41, 5.74) is 1.59. The smallest absolute Gasteiger partial charge is 0.744 e. The summed E-state index contributed by atoms with van der Waals surface area (Å²) in [6.45, 7) is 0. The first kappa shape index (κ1) is 20.5. The minimum absolute atomic E-state index is 0. The second kappa shape index (κ2) is 8.00. The van der Waals surface area contributed by atoms with Gasteiger partial charge in [-0.1, -0.05) is 25.6 Å². The molecular weight excluding hydrogens is 337 g/mol. The number of fused-ring (bicyclic) bond motifs is 1. The first-order valence-electron chi connectivity index (χ1n) is 6.48. The van der Waals surface area contributed by atoms with E-state index in [-0.39, 0.29) is 42.7 Å². The third kappa shape index (κ3) is 4.49. The Morgan fingerprint density at radius 2 is 1.58 bits per heavy atom. The number of nitrogens with one attached hydrogen (secondary N) is 1. The van der Waals surface area contributed by atoms with Crippen molar-refractivity contribution in [2.75, 3.05) is 5.32 Å². The number of phenols is 1. The van der Waals surface area contributed by atoms with E-state index in [4.69, 9.17) is 0 Å². The monoisotopic (exact) mass is 353 g/mol. The van der Waals surface area contributed by atoms with Gasteiger partial charge < -0.3 is 15.0 Å². The van der Waals surface area contributed by atoms with Crippen LogP contribution >= 0.6 is 0 Å². The van der Waals surface area contributed by atoms with Gasteiger partial charge in [-0.05, 0) is 47.9 Å². The second-order valence-electron chi connectivity index (χ2n) is 4.82. The average molecular weight is 353 g/mol. The predicted molar refractivity (Wildman–Crippen MR) is 90.0 cm³/mol. The predicted octanol–water partition coefficient (Wildman–Crippen LogP) is 0.833. The zero-order valence-electron chi connectivity index (χ0n) is 12.4. The summed E-state index contributed by atoms with van der Waals surface area (Å²) >= 11 is 0. The van der Waals surface area contributed by atoms with Crippen molar-refractivity contribution in [2.45, 2.75) is 12.3 Å². The Morgan fingerprint density at radius 1 is 0.917 bits per heavy atom. The summed E-state index contributed by atoms with van der Waals surface area (Å²) in [4.78, 5) is -0.450. The summed E-state index contributed by atoms with van der Waals surface area (Å²) in [5.74, 6) is -0.238. The molecule has 0 amide bonds. The SMILES string of the molecule is C.O=S(=O)([O-])c1cc(O)c2ccc(Nc3ccccc3)cc2c1.[Na+]. The van der Waals surface area contributed by atoms with Crippen LogP contribution in [0.5, 0.6) is 5.75 Å². The van der Waals surface area contributed by atoms with Crippen molar-refractivity contribution in [3.8, 4) is 5.75 Å². The van der Waals surface area contributed by atoms with E-state index in [1.165, 1.54) is 6.07 Å². The first-order valence-corrected chi connectivity index (χ1v) is 7.89. The molecule has 0 unspecified atom stereocenters. The molecule has 0 spiro atoms. The minimum atomic E-state index is -4.62. The van der Waals surface area contributed by atoms with E-state index in [0.717, 1.165) is 17.4 Å². The van der Waals surface area contributed by atoms with E-state index >= 15 is 0 Å². The Morgan fingerprint density at radius 3 is 2.21 bits per heavy atom. The molecule has 2 N–H and O–H groups in total. The van der Waals surface area contributed by atoms with Crippen LogP contribution in [0.3, 0.4) is 0 Å². The number of anilines is 2. The van der Waals surface area contributed by atoms with Gasteiger partial charge in [-0.2, -0.15) is 0 Å². The van der Waals surface area contributed by atoms with Gasteiger partial charge in [0.15, 0.2) is 0 Å². The molecule has 0 atom stereocenters. The number of rotatable bonds is 3. The van der Waals surface area contributed by atoms with Gasteiger partial charge in [-0.3, -0.25) is 0 Å². The quantitative estimate of drug-likeness (QED) is 0.538. The summed E-state index contributed by atoms with van der Waals surface area (Å²) < 4.78 is 33.4. The van der Waals surface area contributed by atoms with Gasteiger partial charge in [0.05, 0.1) is 4.90 Å². The number of benzene rings is 3. The van der Waals surface area contributed by atoms with E-state index in [1.807, 2.05) is 30.3 Å². The van der Waals surface area contributed by atoms with Crippen molar-refractivity contribution < 1.29 is 47.6 Å². The van der Waals surface area contributed by atoms with Gasteiger partial charge in [0.25, 0.3) is 0 Å². The fraction of sp³-hybridized carbons (Fsp3) is 0.0588. The molecule has 0 saturated carbocycles. The third-order valence-electron chi connectivity index (χ3n) is 3.26. The number of hydrogen-bond acceptors (Lipinski definition) is 5. The van der Waals surface area contributed by atoms with E-state index in [9.17, 15) is 18.1 Å². The van der Waals surface area contributed by atoms with Crippen LogP contribution in [0.15, 0.2) is 65.6 Å². The van der Waals surface area contributed by atoms with Crippen LogP contribution in [0.1, 0.15) is 7.43 Å². The average Bonchev–Trinajstić information content (AvgIpc) is 2.47. The number of aromatic hydroxyl groups is 1. The maximum atomic E-state index is 11.1. The third-order valence-corrected chi connectivity index (χ3v) is 4.07. The molecule has 0 aliphatic heterocycles. The second-order valence-corrected chi connectivity index (χ2v) is 6.20. The van der Waals surface area contributed by atoms with Crippen molar-refractivity contribution in [1.29, 1.82) is 0 Å². The zero-order chi connectivity index (χ0) is 15.7. The van der Waals surface area contributed by atoms with E-state index in [1.54, 1.807) is 18.2 Å². The van der Waals surface area contributed by atoms with Gasteiger partial charge in [-0.25, -0.2) is 8.42 Å². The van der Waals surface area contributed by atoms with Gasteiger partial charge in [0.2, 0.25) is 0 Å². The summed E-state index contributed by atoms with van der Waals surface area (Å²) in [5, 5.41) is 14.0. The summed E-state index contributed by atoms with van der Waals surface area (Å²) in [7, 11) is -4.62. The Bertz CT molecular complexity index is 943. The molecule has 0 radical (unpaired) electrons. The number of phenolic OH excluding ortho intramolecular Hbond substituents is 1. The molecule has 3 aromatic rings. The molecule has 0 bridgehead atoms. The number of hydrogen-bond donors (Lipinski definition) is 2. The first-order chi connectivity index (χ1) is 10.4. The molecule has 0 aliphatic rings. The maximum Gasteiger partial charge on any atom is 1.00 e. The largest absolute Gasteiger partial charge is 1.00 e. The molecule has 5 nitrogen and oxygen atoms in total. The van der Waals surface area contributed by atoms with Crippen LogP contribution in [0, 0.1) is 0 Å².